The summed E-state index contributed by atoms with van der Waals surface area (Å²) in [6, 6.07) is 6.16. The van der Waals surface area contributed by atoms with Crippen LogP contribution >= 0.6 is 0 Å². The third-order valence-corrected chi connectivity index (χ3v) is 1.64. The van der Waals surface area contributed by atoms with Gasteiger partial charge in [0.15, 0.2) is 0 Å². The van der Waals surface area contributed by atoms with E-state index in [-0.39, 0.29) is 12.1 Å². The van der Waals surface area contributed by atoms with Crippen molar-refractivity contribution in [3.05, 3.63) is 33.9 Å². The first-order chi connectivity index (χ1) is 6.67. The Kier molecular flexibility index (Phi) is 2.99. The molecule has 14 heavy (non-hydrogen) atoms. The number of hydrogen-bond acceptors (Lipinski definition) is 5. The Morgan fingerprint density at radius 3 is 2.79 bits per heavy atom. The Balaban J connectivity index is 3.14. The van der Waals surface area contributed by atoms with Crippen LogP contribution in [0.5, 0.6) is 0 Å². The molecule has 6 nitrogen and oxygen atoms in total. The van der Waals surface area contributed by atoms with E-state index in [1.165, 1.54) is 12.1 Å². The minimum absolute atomic E-state index is 0.0781. The number of nitriles is 1. The highest BCUT2D eigenvalue weighted by Gasteiger charge is 2.08. The van der Waals surface area contributed by atoms with Gasteiger partial charge in [0.2, 0.25) is 0 Å². The van der Waals surface area contributed by atoms with Crippen LogP contribution in [0.15, 0.2) is 18.2 Å². The van der Waals surface area contributed by atoms with Gasteiger partial charge in [-0.3, -0.25) is 16.0 Å². The minimum atomic E-state index is -0.526. The summed E-state index contributed by atoms with van der Waals surface area (Å²) < 4.78 is 0. The number of rotatable bonds is 3. The van der Waals surface area contributed by atoms with Crippen LogP contribution in [-0.4, -0.2) is 4.92 Å². The van der Waals surface area contributed by atoms with Crippen LogP contribution in [-0.2, 0) is 6.42 Å². The van der Waals surface area contributed by atoms with Gasteiger partial charge in [0.25, 0.3) is 5.69 Å². The molecule has 0 aromatic heterocycles. The molecule has 0 unspecified atom stereocenters. The van der Waals surface area contributed by atoms with Crippen molar-refractivity contribution in [2.24, 2.45) is 5.84 Å². The lowest BCUT2D eigenvalue weighted by Crippen LogP contribution is -2.07. The summed E-state index contributed by atoms with van der Waals surface area (Å²) in [5, 5.41) is 18.9. The molecule has 0 spiro atoms. The monoisotopic (exact) mass is 192 g/mol. The first-order valence-corrected chi connectivity index (χ1v) is 3.79. The van der Waals surface area contributed by atoms with Crippen molar-refractivity contribution >= 4 is 11.4 Å². The minimum Gasteiger partial charge on any atom is -0.324 e. The molecule has 0 heterocycles. The van der Waals surface area contributed by atoms with Crippen molar-refractivity contribution in [1.82, 2.24) is 0 Å². The molecular formula is C8H8N4O2. The second kappa shape index (κ2) is 4.20. The van der Waals surface area contributed by atoms with Crippen LogP contribution < -0.4 is 11.3 Å². The summed E-state index contributed by atoms with van der Waals surface area (Å²) in [5.74, 6) is 5.13. The molecule has 0 amide bonds. The number of nitro benzene ring substituents is 1. The molecule has 1 aromatic rings. The van der Waals surface area contributed by atoms with E-state index in [0.29, 0.717) is 11.3 Å². The smallest absolute Gasteiger partial charge is 0.271 e. The molecule has 1 rings (SSSR count). The van der Waals surface area contributed by atoms with Gasteiger partial charge in [-0.2, -0.15) is 5.26 Å². The molecule has 0 aliphatic carbocycles. The predicted molar refractivity (Wildman–Crippen MR) is 50.2 cm³/mol. The summed E-state index contributed by atoms with van der Waals surface area (Å²) in [6.45, 7) is 0. The highest BCUT2D eigenvalue weighted by molar-refractivity contribution is 5.53. The summed E-state index contributed by atoms with van der Waals surface area (Å²) in [7, 11) is 0. The van der Waals surface area contributed by atoms with E-state index in [1.54, 1.807) is 6.07 Å². The van der Waals surface area contributed by atoms with Crippen molar-refractivity contribution < 1.29 is 4.92 Å². The van der Waals surface area contributed by atoms with Crippen molar-refractivity contribution in [3.8, 4) is 6.07 Å². The fraction of sp³-hybridized carbons (Fsp3) is 0.125. The van der Waals surface area contributed by atoms with Gasteiger partial charge >= 0.3 is 0 Å². The fourth-order valence-electron chi connectivity index (χ4n) is 1.06. The molecule has 0 saturated carbocycles. The molecule has 3 N–H and O–H groups in total. The van der Waals surface area contributed by atoms with E-state index in [0.717, 1.165) is 0 Å². The lowest BCUT2D eigenvalue weighted by molar-refractivity contribution is -0.384. The highest BCUT2D eigenvalue weighted by Crippen LogP contribution is 2.20. The maximum atomic E-state index is 10.5. The van der Waals surface area contributed by atoms with Crippen LogP contribution in [0, 0.1) is 21.4 Å². The third kappa shape index (κ3) is 2.18. The number of hydrazine groups is 1. The topological polar surface area (TPSA) is 105 Å². The van der Waals surface area contributed by atoms with Crippen molar-refractivity contribution in [2.45, 2.75) is 6.42 Å². The SMILES string of the molecule is N#CCc1cc(NN)cc([N+](=O)[O-])c1. The van der Waals surface area contributed by atoms with Crippen molar-refractivity contribution in [2.75, 3.05) is 5.43 Å². The zero-order chi connectivity index (χ0) is 10.6. The second-order valence-corrected chi connectivity index (χ2v) is 2.62. The van der Waals surface area contributed by atoms with E-state index in [4.69, 9.17) is 11.1 Å². The van der Waals surface area contributed by atoms with Gasteiger partial charge < -0.3 is 5.43 Å². The largest absolute Gasteiger partial charge is 0.324 e. The summed E-state index contributed by atoms with van der Waals surface area (Å²) in [4.78, 5) is 9.95. The molecule has 6 heteroatoms. The maximum absolute atomic E-state index is 10.5. The first-order valence-electron chi connectivity index (χ1n) is 3.79. The molecule has 0 radical (unpaired) electrons. The van der Waals surface area contributed by atoms with Gasteiger partial charge in [-0.1, -0.05) is 0 Å². The average molecular weight is 192 g/mol. The predicted octanol–water partition coefficient (Wildman–Crippen LogP) is 0.946. The quantitative estimate of drug-likeness (QED) is 0.421. The molecule has 72 valence electrons. The number of hydrogen-bond donors (Lipinski definition) is 2. The lowest BCUT2D eigenvalue weighted by atomic mass is 10.1. The molecule has 0 bridgehead atoms. The van der Waals surface area contributed by atoms with E-state index in [2.05, 4.69) is 5.43 Å². The fourth-order valence-corrected chi connectivity index (χ4v) is 1.06. The summed E-state index contributed by atoms with van der Waals surface area (Å²) in [5.41, 5.74) is 3.21. The Labute approximate surface area is 80.1 Å². The van der Waals surface area contributed by atoms with E-state index in [1.807, 2.05) is 6.07 Å². The number of nitro groups is 1. The molecule has 0 saturated heterocycles. The standard InChI is InChI=1S/C8H8N4O2/c9-2-1-6-3-7(11-10)5-8(4-6)12(13)14/h3-5,11H,1,10H2. The normalized spacial score (nSPS) is 9.14. The van der Waals surface area contributed by atoms with Gasteiger partial charge in [-0.25, -0.2) is 0 Å². The number of nitrogens with two attached hydrogens (primary N) is 1. The molecule has 1 aromatic carbocycles. The molecular weight excluding hydrogens is 184 g/mol. The number of anilines is 1. The molecule has 0 aliphatic heterocycles. The maximum Gasteiger partial charge on any atom is 0.271 e. The van der Waals surface area contributed by atoms with Gasteiger partial charge in [0.1, 0.15) is 0 Å². The zero-order valence-corrected chi connectivity index (χ0v) is 7.23. The highest BCUT2D eigenvalue weighted by atomic mass is 16.6. The van der Waals surface area contributed by atoms with Crippen LogP contribution in [0.4, 0.5) is 11.4 Å². The molecule has 0 fully saturated rings. The van der Waals surface area contributed by atoms with Crippen LogP contribution in [0.25, 0.3) is 0 Å². The summed E-state index contributed by atoms with van der Waals surface area (Å²) in [6.07, 6.45) is 0.121. The average Bonchev–Trinajstić information content (AvgIpc) is 2.17. The second-order valence-electron chi connectivity index (χ2n) is 2.62. The lowest BCUT2D eigenvalue weighted by Gasteiger charge is -2.01. The Bertz CT molecular complexity index is 397. The zero-order valence-electron chi connectivity index (χ0n) is 7.23. The van der Waals surface area contributed by atoms with Crippen molar-refractivity contribution in [1.29, 1.82) is 5.26 Å². The van der Waals surface area contributed by atoms with Gasteiger partial charge in [-0.15, -0.1) is 0 Å². The van der Waals surface area contributed by atoms with E-state index < -0.39 is 4.92 Å². The number of nitrogens with zero attached hydrogens (tertiary/aromatic N) is 2. The van der Waals surface area contributed by atoms with E-state index in [9.17, 15) is 10.1 Å². The summed E-state index contributed by atoms with van der Waals surface area (Å²) >= 11 is 0. The third-order valence-electron chi connectivity index (χ3n) is 1.64. The van der Waals surface area contributed by atoms with Gasteiger partial charge in [-0.05, 0) is 11.6 Å². The van der Waals surface area contributed by atoms with Crippen LogP contribution in [0.2, 0.25) is 0 Å². The van der Waals surface area contributed by atoms with Crippen LogP contribution in [0.3, 0.4) is 0 Å². The number of non-ortho nitro benzene ring substituents is 1. The Morgan fingerprint density at radius 1 is 1.57 bits per heavy atom. The number of nitrogen functional groups attached to an aromatic ring is 1. The van der Waals surface area contributed by atoms with E-state index >= 15 is 0 Å². The number of nitrogens with one attached hydrogen (secondary N) is 1. The first kappa shape index (κ1) is 9.95. The molecule has 0 atom stereocenters. The van der Waals surface area contributed by atoms with Crippen LogP contribution in [0.1, 0.15) is 5.56 Å². The van der Waals surface area contributed by atoms with Crippen molar-refractivity contribution in [3.63, 3.8) is 0 Å². The molecule has 0 aliphatic rings. The van der Waals surface area contributed by atoms with Gasteiger partial charge in [0, 0.05) is 12.1 Å². The Hall–Kier alpha value is -2.13. The number of benzene rings is 1. The Morgan fingerprint density at radius 2 is 2.29 bits per heavy atom. The van der Waals surface area contributed by atoms with Gasteiger partial charge in [0.05, 0.1) is 23.1 Å².